The SMILES string of the molecule is O=c1oc2cc(F)ccc2cc1-c1cccnc1C(F)(F)F. The molecule has 0 N–H and O–H groups in total. The summed E-state index contributed by atoms with van der Waals surface area (Å²) in [6.07, 6.45) is -3.72. The average molecular weight is 309 g/mol. The van der Waals surface area contributed by atoms with Crippen molar-refractivity contribution in [3.63, 3.8) is 0 Å². The maximum atomic E-state index is 13.1. The Morgan fingerprint density at radius 3 is 2.55 bits per heavy atom. The van der Waals surface area contributed by atoms with Crippen LogP contribution in [0.2, 0.25) is 0 Å². The lowest BCUT2D eigenvalue weighted by molar-refractivity contribution is -0.140. The fourth-order valence-corrected chi connectivity index (χ4v) is 2.12. The Balaban J connectivity index is 2.30. The van der Waals surface area contributed by atoms with Gasteiger partial charge in [0.1, 0.15) is 11.4 Å². The van der Waals surface area contributed by atoms with Crippen molar-refractivity contribution >= 4 is 11.0 Å². The van der Waals surface area contributed by atoms with Crippen LogP contribution in [0, 0.1) is 5.82 Å². The lowest BCUT2D eigenvalue weighted by Gasteiger charge is -2.11. The Morgan fingerprint density at radius 1 is 1.05 bits per heavy atom. The van der Waals surface area contributed by atoms with Gasteiger partial charge in [0.05, 0.1) is 5.56 Å². The van der Waals surface area contributed by atoms with E-state index in [9.17, 15) is 22.4 Å². The third-order valence-corrected chi connectivity index (χ3v) is 3.06. The Morgan fingerprint density at radius 2 is 1.82 bits per heavy atom. The number of fused-ring (bicyclic) bond motifs is 1. The molecule has 112 valence electrons. The molecule has 0 aliphatic heterocycles. The molecule has 0 amide bonds. The van der Waals surface area contributed by atoms with E-state index in [1.165, 1.54) is 18.2 Å². The topological polar surface area (TPSA) is 43.1 Å². The minimum absolute atomic E-state index is 0.0359. The molecular weight excluding hydrogens is 302 g/mol. The summed E-state index contributed by atoms with van der Waals surface area (Å²) in [4.78, 5) is 15.2. The van der Waals surface area contributed by atoms with Gasteiger partial charge in [0.25, 0.3) is 0 Å². The van der Waals surface area contributed by atoms with Crippen molar-refractivity contribution in [3.8, 4) is 11.1 Å². The number of halogens is 4. The van der Waals surface area contributed by atoms with Gasteiger partial charge in [-0.2, -0.15) is 13.2 Å². The molecule has 2 aromatic heterocycles. The van der Waals surface area contributed by atoms with E-state index in [0.717, 1.165) is 24.4 Å². The second kappa shape index (κ2) is 4.94. The molecule has 7 heteroatoms. The molecule has 0 aliphatic rings. The monoisotopic (exact) mass is 309 g/mol. The first-order valence-electron chi connectivity index (χ1n) is 6.12. The molecule has 2 heterocycles. The predicted molar refractivity (Wildman–Crippen MR) is 70.7 cm³/mol. The fraction of sp³-hybridized carbons (Fsp3) is 0.0667. The highest BCUT2D eigenvalue weighted by atomic mass is 19.4. The summed E-state index contributed by atoms with van der Waals surface area (Å²) >= 11 is 0. The summed E-state index contributed by atoms with van der Waals surface area (Å²) in [6.45, 7) is 0. The predicted octanol–water partition coefficient (Wildman–Crippen LogP) is 4.01. The lowest BCUT2D eigenvalue weighted by atomic mass is 10.0. The molecule has 0 atom stereocenters. The second-order valence-electron chi connectivity index (χ2n) is 4.53. The van der Waals surface area contributed by atoms with E-state index in [0.29, 0.717) is 5.39 Å². The highest BCUT2D eigenvalue weighted by molar-refractivity contribution is 5.82. The highest BCUT2D eigenvalue weighted by Gasteiger charge is 2.36. The number of benzene rings is 1. The summed E-state index contributed by atoms with van der Waals surface area (Å²) in [5, 5.41) is 0.313. The number of pyridine rings is 1. The van der Waals surface area contributed by atoms with Crippen LogP contribution in [-0.2, 0) is 6.18 Å². The quantitative estimate of drug-likeness (QED) is 0.504. The molecule has 22 heavy (non-hydrogen) atoms. The highest BCUT2D eigenvalue weighted by Crippen LogP contribution is 2.34. The Bertz CT molecular complexity index is 915. The molecule has 3 aromatic rings. The molecule has 0 unspecified atom stereocenters. The van der Waals surface area contributed by atoms with Gasteiger partial charge in [0, 0.05) is 23.2 Å². The average Bonchev–Trinajstić information content (AvgIpc) is 2.45. The van der Waals surface area contributed by atoms with Crippen LogP contribution < -0.4 is 5.63 Å². The number of nitrogens with zero attached hydrogens (tertiary/aromatic N) is 1. The summed E-state index contributed by atoms with van der Waals surface area (Å²) in [7, 11) is 0. The fourth-order valence-electron chi connectivity index (χ4n) is 2.12. The van der Waals surface area contributed by atoms with E-state index >= 15 is 0 Å². The van der Waals surface area contributed by atoms with E-state index < -0.39 is 23.3 Å². The van der Waals surface area contributed by atoms with Crippen molar-refractivity contribution in [3.05, 3.63) is 64.5 Å². The molecule has 1 aromatic carbocycles. The summed E-state index contributed by atoms with van der Waals surface area (Å²) in [6, 6.07) is 7.10. The normalized spacial score (nSPS) is 11.8. The molecule has 0 saturated heterocycles. The second-order valence-corrected chi connectivity index (χ2v) is 4.53. The minimum Gasteiger partial charge on any atom is -0.422 e. The van der Waals surface area contributed by atoms with E-state index in [1.54, 1.807) is 0 Å². The maximum Gasteiger partial charge on any atom is 0.433 e. The van der Waals surface area contributed by atoms with Gasteiger partial charge in [-0.05, 0) is 24.3 Å². The van der Waals surface area contributed by atoms with Crippen LogP contribution >= 0.6 is 0 Å². The lowest BCUT2D eigenvalue weighted by Crippen LogP contribution is -2.13. The first-order valence-corrected chi connectivity index (χ1v) is 6.12. The third-order valence-electron chi connectivity index (χ3n) is 3.06. The minimum atomic E-state index is -4.71. The van der Waals surface area contributed by atoms with Crippen molar-refractivity contribution in [2.24, 2.45) is 0 Å². The molecule has 0 saturated carbocycles. The van der Waals surface area contributed by atoms with Gasteiger partial charge in [-0.15, -0.1) is 0 Å². The summed E-state index contributed by atoms with van der Waals surface area (Å²) in [5.41, 5.74) is -2.86. The molecule has 3 nitrogen and oxygen atoms in total. The van der Waals surface area contributed by atoms with Crippen LogP contribution in [0.1, 0.15) is 5.69 Å². The largest absolute Gasteiger partial charge is 0.433 e. The number of rotatable bonds is 1. The van der Waals surface area contributed by atoms with Crippen LogP contribution in [0.4, 0.5) is 17.6 Å². The Hall–Kier alpha value is -2.70. The molecule has 3 rings (SSSR count). The van der Waals surface area contributed by atoms with Gasteiger partial charge in [-0.25, -0.2) is 9.18 Å². The summed E-state index contributed by atoms with van der Waals surface area (Å²) < 4.78 is 57.0. The first kappa shape index (κ1) is 14.2. The standard InChI is InChI=1S/C15H7F4NO2/c16-9-4-3-8-6-11(14(21)22-12(8)7-9)10-2-1-5-20-13(10)15(17,18)19/h1-7H. The van der Waals surface area contributed by atoms with Crippen LogP contribution in [0.15, 0.2) is 51.8 Å². The van der Waals surface area contributed by atoms with Gasteiger partial charge in [-0.1, -0.05) is 6.07 Å². The number of alkyl halides is 3. The molecule has 0 fully saturated rings. The molecule has 0 aliphatic carbocycles. The Labute approximate surface area is 120 Å². The van der Waals surface area contributed by atoms with Gasteiger partial charge < -0.3 is 4.42 Å². The van der Waals surface area contributed by atoms with Gasteiger partial charge in [0.15, 0.2) is 5.69 Å². The smallest absolute Gasteiger partial charge is 0.422 e. The summed E-state index contributed by atoms with van der Waals surface area (Å²) in [5.74, 6) is -0.610. The number of hydrogen-bond donors (Lipinski definition) is 0. The maximum absolute atomic E-state index is 13.1. The van der Waals surface area contributed by atoms with Crippen molar-refractivity contribution in [2.45, 2.75) is 6.18 Å². The van der Waals surface area contributed by atoms with Crippen molar-refractivity contribution in [1.82, 2.24) is 4.98 Å². The Kier molecular flexibility index (Phi) is 3.20. The van der Waals surface area contributed by atoms with E-state index in [4.69, 9.17) is 4.42 Å². The molecule has 0 radical (unpaired) electrons. The van der Waals surface area contributed by atoms with Crippen LogP contribution in [0.5, 0.6) is 0 Å². The van der Waals surface area contributed by atoms with E-state index in [1.807, 2.05) is 0 Å². The van der Waals surface area contributed by atoms with Crippen LogP contribution in [0.25, 0.3) is 22.1 Å². The zero-order chi connectivity index (χ0) is 15.9. The zero-order valence-electron chi connectivity index (χ0n) is 10.8. The van der Waals surface area contributed by atoms with Gasteiger partial charge in [-0.3, -0.25) is 4.98 Å². The van der Waals surface area contributed by atoms with Crippen LogP contribution in [0.3, 0.4) is 0 Å². The van der Waals surface area contributed by atoms with E-state index in [2.05, 4.69) is 4.98 Å². The third kappa shape index (κ3) is 2.45. The van der Waals surface area contributed by atoms with Crippen LogP contribution in [-0.4, -0.2) is 4.98 Å². The molecule has 0 spiro atoms. The van der Waals surface area contributed by atoms with Crippen molar-refractivity contribution in [1.29, 1.82) is 0 Å². The number of aromatic nitrogens is 1. The molecular formula is C15H7F4NO2. The van der Waals surface area contributed by atoms with Crippen molar-refractivity contribution in [2.75, 3.05) is 0 Å². The van der Waals surface area contributed by atoms with E-state index in [-0.39, 0.29) is 16.7 Å². The zero-order valence-corrected chi connectivity index (χ0v) is 10.8. The van der Waals surface area contributed by atoms with Crippen molar-refractivity contribution < 1.29 is 22.0 Å². The van der Waals surface area contributed by atoms with Gasteiger partial charge in [0.2, 0.25) is 0 Å². The molecule has 0 bridgehead atoms. The number of hydrogen-bond acceptors (Lipinski definition) is 3. The first-order chi connectivity index (χ1) is 10.4. The van der Waals surface area contributed by atoms with Gasteiger partial charge >= 0.3 is 11.8 Å².